The number of halogens is 2. The number of amides is 3. The molecule has 4 aromatic carbocycles. The predicted octanol–water partition coefficient (Wildman–Crippen LogP) is 8.94. The third kappa shape index (κ3) is 8.61. The quantitative estimate of drug-likeness (QED) is 0.103. The zero-order chi connectivity index (χ0) is 30.9. The molecule has 6 nitrogen and oxygen atoms in total. The van der Waals surface area contributed by atoms with Crippen LogP contribution in [-0.2, 0) is 9.59 Å². The molecule has 0 spiro atoms. The summed E-state index contributed by atoms with van der Waals surface area (Å²) in [5.74, 6) is -1.10. The minimum absolute atomic E-state index is 0.109. The van der Waals surface area contributed by atoms with E-state index in [9.17, 15) is 14.4 Å². The van der Waals surface area contributed by atoms with Gasteiger partial charge in [0.05, 0.1) is 0 Å². The lowest BCUT2D eigenvalue weighted by atomic mass is 10.1. The zero-order valence-electron chi connectivity index (χ0n) is 23.0. The van der Waals surface area contributed by atoms with Crippen LogP contribution in [0, 0.1) is 0 Å². The fourth-order valence-electron chi connectivity index (χ4n) is 4.15. The van der Waals surface area contributed by atoms with Gasteiger partial charge < -0.3 is 16.0 Å². The maximum Gasteiger partial charge on any atom is 0.272 e. The largest absolute Gasteiger partial charge is 0.325 e. The van der Waals surface area contributed by atoms with Crippen LogP contribution in [-0.4, -0.2) is 17.7 Å². The molecule has 0 aliphatic heterocycles. The van der Waals surface area contributed by atoms with Gasteiger partial charge in [-0.05, 0) is 88.6 Å². The van der Waals surface area contributed by atoms with E-state index in [2.05, 4.69) is 16.0 Å². The van der Waals surface area contributed by atoms with Crippen LogP contribution < -0.4 is 16.0 Å². The summed E-state index contributed by atoms with van der Waals surface area (Å²) in [6.45, 7) is 0. The van der Waals surface area contributed by atoms with E-state index >= 15 is 0 Å². The lowest BCUT2D eigenvalue weighted by Crippen LogP contribution is -2.30. The number of thioether (sulfide) groups is 1. The Morgan fingerprint density at radius 1 is 0.750 bits per heavy atom. The summed E-state index contributed by atoms with van der Waals surface area (Å²) < 4.78 is 0. The van der Waals surface area contributed by atoms with E-state index in [4.69, 9.17) is 23.2 Å². The number of carbonyl (C=O) groups is 3. The van der Waals surface area contributed by atoms with Crippen molar-refractivity contribution >= 4 is 81.5 Å². The van der Waals surface area contributed by atoms with E-state index in [0.29, 0.717) is 27.0 Å². The van der Waals surface area contributed by atoms with Crippen LogP contribution in [0.5, 0.6) is 0 Å². The first-order valence-corrected chi connectivity index (χ1v) is 15.9. The predicted molar refractivity (Wildman–Crippen MR) is 181 cm³/mol. The van der Waals surface area contributed by atoms with Crippen LogP contribution in [0.1, 0.15) is 26.7 Å². The third-order valence-corrected chi connectivity index (χ3v) is 8.62. The number of nitrogens with one attached hydrogen (secondary N) is 3. The number of rotatable bonds is 10. The van der Waals surface area contributed by atoms with Crippen molar-refractivity contribution in [3.8, 4) is 0 Å². The smallest absolute Gasteiger partial charge is 0.272 e. The van der Waals surface area contributed by atoms with Crippen LogP contribution in [0.15, 0.2) is 131 Å². The van der Waals surface area contributed by atoms with E-state index < -0.39 is 11.2 Å². The van der Waals surface area contributed by atoms with Gasteiger partial charge in [-0.2, -0.15) is 11.3 Å². The molecule has 3 amide bonds. The molecule has 0 saturated heterocycles. The van der Waals surface area contributed by atoms with Crippen LogP contribution >= 0.6 is 46.3 Å². The van der Waals surface area contributed by atoms with Gasteiger partial charge >= 0.3 is 0 Å². The number of hydrogen-bond donors (Lipinski definition) is 3. The molecule has 44 heavy (non-hydrogen) atoms. The number of carbonyl (C=O) groups excluding carboxylic acids is 3. The second-order valence-electron chi connectivity index (χ2n) is 9.47. The molecule has 220 valence electrons. The van der Waals surface area contributed by atoms with E-state index in [1.807, 2.05) is 65.4 Å². The van der Waals surface area contributed by atoms with Gasteiger partial charge in [-0.3, -0.25) is 14.4 Å². The molecule has 0 bridgehead atoms. The molecule has 1 aromatic heterocycles. The summed E-state index contributed by atoms with van der Waals surface area (Å²) in [7, 11) is 0. The number of benzene rings is 4. The van der Waals surface area contributed by atoms with Crippen molar-refractivity contribution in [2.75, 3.05) is 10.6 Å². The Hall–Kier alpha value is -4.34. The first-order valence-electron chi connectivity index (χ1n) is 13.3. The van der Waals surface area contributed by atoms with Gasteiger partial charge in [0.2, 0.25) is 5.91 Å². The molecule has 5 rings (SSSR count). The third-order valence-electron chi connectivity index (χ3n) is 6.22. The van der Waals surface area contributed by atoms with Crippen LogP contribution in [0.4, 0.5) is 11.4 Å². The number of thiophene rings is 1. The Bertz CT molecular complexity index is 1760. The van der Waals surface area contributed by atoms with Crippen molar-refractivity contribution in [2.24, 2.45) is 0 Å². The van der Waals surface area contributed by atoms with Gasteiger partial charge in [-0.1, -0.05) is 71.7 Å². The second kappa shape index (κ2) is 14.9. The lowest BCUT2D eigenvalue weighted by Gasteiger charge is -2.18. The maximum atomic E-state index is 13.4. The summed E-state index contributed by atoms with van der Waals surface area (Å²) in [6.07, 6.45) is 1.63. The average molecular weight is 659 g/mol. The van der Waals surface area contributed by atoms with Crippen molar-refractivity contribution in [2.45, 2.75) is 10.1 Å². The lowest BCUT2D eigenvalue weighted by molar-refractivity contribution is -0.116. The van der Waals surface area contributed by atoms with Crippen LogP contribution in [0.25, 0.3) is 6.08 Å². The Morgan fingerprint density at radius 2 is 1.41 bits per heavy atom. The molecule has 0 aliphatic carbocycles. The normalized spacial score (nSPS) is 11.8. The Balaban J connectivity index is 1.31. The molecular weight excluding hydrogens is 633 g/mol. The monoisotopic (exact) mass is 657 g/mol. The van der Waals surface area contributed by atoms with Crippen molar-refractivity contribution in [3.05, 3.63) is 152 Å². The molecule has 0 fully saturated rings. The molecule has 1 heterocycles. The fourth-order valence-corrected chi connectivity index (χ4v) is 6.32. The maximum absolute atomic E-state index is 13.4. The van der Waals surface area contributed by atoms with Gasteiger partial charge in [-0.15, -0.1) is 11.8 Å². The highest BCUT2D eigenvalue weighted by atomic mass is 35.5. The highest BCUT2D eigenvalue weighted by molar-refractivity contribution is 8.00. The fraction of sp³-hybridized carbons (Fsp3) is 0.0294. The minimum Gasteiger partial charge on any atom is -0.325 e. The summed E-state index contributed by atoms with van der Waals surface area (Å²) in [6, 6.07) is 32.0. The zero-order valence-corrected chi connectivity index (χ0v) is 26.1. The van der Waals surface area contributed by atoms with Gasteiger partial charge in [0.1, 0.15) is 10.9 Å². The average Bonchev–Trinajstić information content (AvgIpc) is 3.54. The molecule has 5 aromatic rings. The SMILES string of the molecule is O=C(Nc1ccc(SC(C(=O)Nc2cc(Cl)cc(Cl)c2)c2ccccc2)cc1)/C(=C/c1ccsc1)NC(=O)c1ccccc1. The standard InChI is InChI=1S/C34H25Cl2N3O3S2/c35-25-18-26(36)20-28(19-25)38-34(42)31(23-7-3-1-4-8-23)44-29-13-11-27(12-14-29)37-33(41)30(17-22-15-16-43-21-22)39-32(40)24-9-5-2-6-10-24/h1-21,31H,(H,37,41)(H,38,42)(H,39,40)/b30-17-. The van der Waals surface area contributed by atoms with Crippen molar-refractivity contribution in [1.29, 1.82) is 0 Å². The van der Waals surface area contributed by atoms with Crippen molar-refractivity contribution in [3.63, 3.8) is 0 Å². The molecule has 10 heteroatoms. The van der Waals surface area contributed by atoms with E-state index in [1.165, 1.54) is 23.1 Å². The van der Waals surface area contributed by atoms with Gasteiger partial charge in [-0.25, -0.2) is 0 Å². The Kier molecular flexibility index (Phi) is 10.5. The summed E-state index contributed by atoms with van der Waals surface area (Å²) >= 11 is 15.1. The molecule has 0 radical (unpaired) electrons. The highest BCUT2D eigenvalue weighted by Gasteiger charge is 2.23. The molecule has 0 aliphatic rings. The van der Waals surface area contributed by atoms with E-state index in [0.717, 1.165) is 16.0 Å². The first kappa shape index (κ1) is 31.1. The van der Waals surface area contributed by atoms with Gasteiger partial charge in [0.15, 0.2) is 0 Å². The van der Waals surface area contributed by atoms with Gasteiger partial charge in [0.25, 0.3) is 11.8 Å². The molecule has 1 atom stereocenters. The molecule has 3 N–H and O–H groups in total. The summed E-state index contributed by atoms with van der Waals surface area (Å²) in [5, 5.41) is 12.5. The molecule has 1 unspecified atom stereocenters. The van der Waals surface area contributed by atoms with E-state index in [-0.39, 0.29) is 17.5 Å². The first-order chi connectivity index (χ1) is 21.3. The summed E-state index contributed by atoms with van der Waals surface area (Å²) in [5.41, 5.74) is 3.19. The molecular formula is C34H25Cl2N3O3S2. The Labute approximate surface area is 273 Å². The van der Waals surface area contributed by atoms with Crippen LogP contribution in [0.3, 0.4) is 0 Å². The van der Waals surface area contributed by atoms with Crippen molar-refractivity contribution < 1.29 is 14.4 Å². The topological polar surface area (TPSA) is 87.3 Å². The van der Waals surface area contributed by atoms with Crippen LogP contribution in [0.2, 0.25) is 10.0 Å². The van der Waals surface area contributed by atoms with Gasteiger partial charge in [0, 0.05) is 31.9 Å². The highest BCUT2D eigenvalue weighted by Crippen LogP contribution is 2.37. The summed E-state index contributed by atoms with van der Waals surface area (Å²) in [4.78, 5) is 40.4. The van der Waals surface area contributed by atoms with E-state index in [1.54, 1.807) is 60.7 Å². The minimum atomic E-state index is -0.581. The number of hydrogen-bond acceptors (Lipinski definition) is 5. The van der Waals surface area contributed by atoms with Crippen molar-refractivity contribution in [1.82, 2.24) is 5.32 Å². The number of anilines is 2. The second-order valence-corrected chi connectivity index (χ2v) is 12.3. The Morgan fingerprint density at radius 3 is 2.05 bits per heavy atom. The molecule has 0 saturated carbocycles.